The van der Waals surface area contributed by atoms with Gasteiger partial charge in [0.15, 0.2) is 0 Å². The van der Waals surface area contributed by atoms with Crippen LogP contribution in [0.1, 0.15) is 6.92 Å². The number of para-hydroxylation sites is 1. The molecule has 0 aromatic heterocycles. The summed E-state index contributed by atoms with van der Waals surface area (Å²) in [6.45, 7) is 16.7. The van der Waals surface area contributed by atoms with Crippen LogP contribution in [0.4, 0.5) is 5.69 Å². The number of hydrogen-bond acceptors (Lipinski definition) is 1. The van der Waals surface area contributed by atoms with Gasteiger partial charge >= 0.3 is 0 Å². The predicted molar refractivity (Wildman–Crippen MR) is 98.8 cm³/mol. The van der Waals surface area contributed by atoms with Gasteiger partial charge in [-0.15, -0.1) is 0 Å². The van der Waals surface area contributed by atoms with Crippen molar-refractivity contribution in [3.8, 4) is 0 Å². The standard InChI is InChI=1S/C17H29NSi2/c1-15(18-16-11-9-8-10-12-16)17(20(5,6)7)13-14-19(2,3)4/h8-13H,14H2,1-7H3/b17-13-,18-15?. The van der Waals surface area contributed by atoms with Crippen molar-refractivity contribution in [1.82, 2.24) is 0 Å². The van der Waals surface area contributed by atoms with Gasteiger partial charge in [-0.3, -0.25) is 4.99 Å². The molecule has 1 rings (SSSR count). The fraction of sp³-hybridized carbons (Fsp3) is 0.471. The maximum atomic E-state index is 4.83. The molecule has 0 N–H and O–H groups in total. The third-order valence-electron chi connectivity index (χ3n) is 3.17. The van der Waals surface area contributed by atoms with Crippen LogP contribution in [0, 0.1) is 0 Å². The molecule has 20 heavy (non-hydrogen) atoms. The summed E-state index contributed by atoms with van der Waals surface area (Å²) in [7, 11) is -2.40. The molecule has 0 amide bonds. The Hall–Kier alpha value is -0.936. The summed E-state index contributed by atoms with van der Waals surface area (Å²) >= 11 is 0. The van der Waals surface area contributed by atoms with E-state index in [2.05, 4.69) is 64.4 Å². The second-order valence-electron chi connectivity index (χ2n) is 7.67. The van der Waals surface area contributed by atoms with Crippen molar-refractivity contribution in [1.29, 1.82) is 0 Å². The number of hydrogen-bond donors (Lipinski definition) is 0. The van der Waals surface area contributed by atoms with E-state index in [-0.39, 0.29) is 0 Å². The van der Waals surface area contributed by atoms with Gasteiger partial charge < -0.3 is 0 Å². The molecule has 0 fully saturated rings. The molecular weight excluding hydrogens is 274 g/mol. The molecule has 0 radical (unpaired) electrons. The first-order valence-corrected chi connectivity index (χ1v) is 14.6. The molecule has 0 atom stereocenters. The third kappa shape index (κ3) is 6.01. The van der Waals surface area contributed by atoms with E-state index in [0.29, 0.717) is 0 Å². The van der Waals surface area contributed by atoms with Gasteiger partial charge in [0.2, 0.25) is 0 Å². The van der Waals surface area contributed by atoms with Gasteiger partial charge in [0, 0.05) is 13.8 Å². The van der Waals surface area contributed by atoms with E-state index >= 15 is 0 Å². The fourth-order valence-electron chi connectivity index (χ4n) is 2.16. The molecule has 0 aliphatic rings. The Kier molecular flexibility index (Phi) is 5.72. The summed E-state index contributed by atoms with van der Waals surface area (Å²) in [4.78, 5) is 4.83. The second kappa shape index (κ2) is 6.68. The van der Waals surface area contributed by atoms with E-state index in [4.69, 9.17) is 4.99 Å². The van der Waals surface area contributed by atoms with Crippen LogP contribution in [-0.2, 0) is 0 Å². The Bertz CT molecular complexity index is 488. The van der Waals surface area contributed by atoms with Gasteiger partial charge in [-0.2, -0.15) is 0 Å². The summed E-state index contributed by atoms with van der Waals surface area (Å²) in [5.41, 5.74) is 2.26. The molecule has 0 aliphatic carbocycles. The van der Waals surface area contributed by atoms with Crippen LogP contribution in [0.2, 0.25) is 45.3 Å². The Balaban J connectivity index is 3.09. The summed E-state index contributed by atoms with van der Waals surface area (Å²) < 4.78 is 0. The van der Waals surface area contributed by atoms with Crippen molar-refractivity contribution in [2.24, 2.45) is 4.99 Å². The fourth-order valence-corrected chi connectivity index (χ4v) is 5.04. The largest absolute Gasteiger partial charge is 0.254 e. The third-order valence-corrected chi connectivity index (χ3v) is 6.78. The number of rotatable bonds is 5. The van der Waals surface area contributed by atoms with Gasteiger partial charge in [-0.1, -0.05) is 63.6 Å². The lowest BCUT2D eigenvalue weighted by Gasteiger charge is -2.23. The Morgan fingerprint density at radius 2 is 1.55 bits per heavy atom. The molecule has 0 unspecified atom stereocenters. The number of benzene rings is 1. The van der Waals surface area contributed by atoms with Gasteiger partial charge in [0.25, 0.3) is 0 Å². The van der Waals surface area contributed by atoms with E-state index in [9.17, 15) is 0 Å². The lowest BCUT2D eigenvalue weighted by molar-refractivity contribution is 1.45. The van der Waals surface area contributed by atoms with Gasteiger partial charge in [0.1, 0.15) is 0 Å². The van der Waals surface area contributed by atoms with Gasteiger partial charge in [-0.25, -0.2) is 0 Å². The van der Waals surface area contributed by atoms with Crippen molar-refractivity contribution >= 4 is 27.5 Å². The summed E-state index contributed by atoms with van der Waals surface area (Å²) in [6.07, 6.45) is 2.49. The highest BCUT2D eigenvalue weighted by atomic mass is 28.3. The molecular formula is C17H29NSi2. The normalized spacial score (nSPS) is 14.6. The van der Waals surface area contributed by atoms with E-state index in [1.807, 2.05) is 18.2 Å². The minimum absolute atomic E-state index is 1.05. The second-order valence-corrected chi connectivity index (χ2v) is 18.2. The lowest BCUT2D eigenvalue weighted by Crippen LogP contribution is -2.29. The summed E-state index contributed by atoms with van der Waals surface area (Å²) in [5, 5.41) is 1.52. The topological polar surface area (TPSA) is 12.4 Å². The van der Waals surface area contributed by atoms with Crippen LogP contribution < -0.4 is 0 Å². The maximum Gasteiger partial charge on any atom is 0.0795 e. The van der Waals surface area contributed by atoms with Crippen molar-refractivity contribution in [2.45, 2.75) is 52.2 Å². The summed E-state index contributed by atoms with van der Waals surface area (Å²) in [6, 6.07) is 11.5. The van der Waals surface area contributed by atoms with E-state index in [1.165, 1.54) is 17.0 Å². The van der Waals surface area contributed by atoms with E-state index < -0.39 is 16.1 Å². The number of allylic oxidation sites excluding steroid dienone is 2. The predicted octanol–water partition coefficient (Wildman–Crippen LogP) is 5.92. The van der Waals surface area contributed by atoms with Gasteiger partial charge in [0.05, 0.1) is 13.8 Å². The van der Waals surface area contributed by atoms with E-state index in [1.54, 1.807) is 0 Å². The smallest absolute Gasteiger partial charge is 0.0795 e. The van der Waals surface area contributed by atoms with Crippen molar-refractivity contribution in [3.05, 3.63) is 41.6 Å². The maximum absolute atomic E-state index is 4.83. The molecule has 0 saturated heterocycles. The van der Waals surface area contributed by atoms with Crippen molar-refractivity contribution in [3.63, 3.8) is 0 Å². The van der Waals surface area contributed by atoms with E-state index in [0.717, 1.165) is 5.69 Å². The molecule has 1 aromatic carbocycles. The molecule has 0 heterocycles. The first-order valence-electron chi connectivity index (χ1n) is 7.41. The van der Waals surface area contributed by atoms with Crippen LogP contribution in [0.25, 0.3) is 0 Å². The zero-order chi connectivity index (χ0) is 15.4. The quantitative estimate of drug-likeness (QED) is 0.473. The molecule has 1 aromatic rings. The minimum atomic E-state index is -1.35. The average Bonchev–Trinajstić information content (AvgIpc) is 2.26. The van der Waals surface area contributed by atoms with Crippen LogP contribution in [0.5, 0.6) is 0 Å². The molecule has 0 spiro atoms. The SMILES string of the molecule is CC(=Nc1ccccc1)/C(=C/C[Si](C)(C)C)[Si](C)(C)C. The highest BCUT2D eigenvalue weighted by Crippen LogP contribution is 2.22. The molecule has 0 saturated carbocycles. The molecule has 1 nitrogen and oxygen atoms in total. The van der Waals surface area contributed by atoms with Gasteiger partial charge in [-0.05, 0) is 30.3 Å². The van der Waals surface area contributed by atoms with Crippen LogP contribution in [-0.4, -0.2) is 21.9 Å². The molecule has 0 aliphatic heterocycles. The minimum Gasteiger partial charge on any atom is -0.254 e. The van der Waals surface area contributed by atoms with Crippen LogP contribution in [0.3, 0.4) is 0 Å². The monoisotopic (exact) mass is 303 g/mol. The Morgan fingerprint density at radius 3 is 2.00 bits per heavy atom. The number of aliphatic imine (C=N–C) groups is 1. The highest BCUT2D eigenvalue weighted by Gasteiger charge is 2.23. The first kappa shape index (κ1) is 17.1. The first-order chi connectivity index (χ1) is 9.09. The Morgan fingerprint density at radius 1 is 1.00 bits per heavy atom. The molecule has 0 bridgehead atoms. The van der Waals surface area contributed by atoms with Crippen LogP contribution in [0.15, 0.2) is 46.6 Å². The Labute approximate surface area is 126 Å². The zero-order valence-electron chi connectivity index (χ0n) is 14.1. The summed E-state index contributed by atoms with van der Waals surface area (Å²) in [5.74, 6) is 0. The molecule has 3 heteroatoms. The number of nitrogens with zero attached hydrogens (tertiary/aromatic N) is 1. The average molecular weight is 304 g/mol. The van der Waals surface area contributed by atoms with Crippen LogP contribution >= 0.6 is 0 Å². The highest BCUT2D eigenvalue weighted by molar-refractivity contribution is 6.87. The molecule has 110 valence electrons. The lowest BCUT2D eigenvalue weighted by atomic mass is 10.3. The van der Waals surface area contributed by atoms with Crippen molar-refractivity contribution in [2.75, 3.05) is 0 Å². The van der Waals surface area contributed by atoms with Crippen molar-refractivity contribution < 1.29 is 0 Å². The zero-order valence-corrected chi connectivity index (χ0v) is 16.1.